The minimum absolute atomic E-state index is 0.0409. The minimum atomic E-state index is -3.78. The van der Waals surface area contributed by atoms with Gasteiger partial charge in [0, 0.05) is 6.07 Å². The Hall–Kier alpha value is -1.30. The second kappa shape index (κ2) is 6.15. The van der Waals surface area contributed by atoms with Gasteiger partial charge >= 0.3 is 17.2 Å². The van der Waals surface area contributed by atoms with E-state index < -0.39 is 38.5 Å². The van der Waals surface area contributed by atoms with Gasteiger partial charge in [-0.15, -0.1) is 0 Å². The predicted molar refractivity (Wildman–Crippen MR) is 96.1 cm³/mol. The molecule has 1 aromatic rings. The molecular weight excluding hydrogens is 369 g/mol. The fraction of sp³-hybridized carbons (Fsp3) is 0.571. The first-order chi connectivity index (χ1) is 11.1. The summed E-state index contributed by atoms with van der Waals surface area (Å²) in [4.78, 5) is 0. The first-order valence-corrected chi connectivity index (χ1v) is 11.2. The van der Waals surface area contributed by atoms with Crippen LogP contribution in [0.3, 0.4) is 0 Å². The van der Waals surface area contributed by atoms with Gasteiger partial charge in [0.1, 0.15) is 5.75 Å². The van der Waals surface area contributed by atoms with E-state index in [4.69, 9.17) is 13.5 Å². The number of benzene rings is 1. The highest BCUT2D eigenvalue weighted by Crippen LogP contribution is 2.37. The van der Waals surface area contributed by atoms with Gasteiger partial charge in [-0.25, -0.2) is 8.42 Å². The summed E-state index contributed by atoms with van der Waals surface area (Å²) in [6, 6.07) is 4.23. The highest BCUT2D eigenvalue weighted by Gasteiger charge is 2.51. The second-order valence-corrected chi connectivity index (χ2v) is 10.4. The Kier molecular flexibility index (Phi) is 4.93. The van der Waals surface area contributed by atoms with Crippen LogP contribution in [0.4, 0.5) is 5.69 Å². The standard InChI is InChI=1S/C14H22BNO7S2/c1-13(2)14(3,4)23-15(22-13)10-7-11(16-24(5,17)18)9-12(8-10)21-25(6,19)20/h7-9,16H,1-6H3. The number of nitrogens with one attached hydrogen (secondary N) is 1. The van der Waals surface area contributed by atoms with Crippen molar-refractivity contribution in [2.75, 3.05) is 17.2 Å². The normalized spacial score (nSPS) is 19.7. The molecule has 0 unspecified atom stereocenters. The molecule has 25 heavy (non-hydrogen) atoms. The van der Waals surface area contributed by atoms with Crippen LogP contribution in [-0.4, -0.2) is 47.7 Å². The van der Waals surface area contributed by atoms with Gasteiger partial charge in [0.25, 0.3) is 0 Å². The van der Waals surface area contributed by atoms with Gasteiger partial charge in [0.05, 0.1) is 29.4 Å². The van der Waals surface area contributed by atoms with E-state index in [2.05, 4.69) is 4.72 Å². The van der Waals surface area contributed by atoms with Crippen LogP contribution in [0.25, 0.3) is 0 Å². The molecule has 140 valence electrons. The zero-order chi connectivity index (χ0) is 19.3. The van der Waals surface area contributed by atoms with E-state index in [0.29, 0.717) is 5.46 Å². The lowest BCUT2D eigenvalue weighted by Crippen LogP contribution is -2.41. The molecule has 0 amide bonds. The fourth-order valence-corrected chi connectivity index (χ4v) is 3.23. The first kappa shape index (κ1) is 20.0. The van der Waals surface area contributed by atoms with Gasteiger partial charge in [-0.3, -0.25) is 4.72 Å². The smallest absolute Gasteiger partial charge is 0.399 e. The van der Waals surface area contributed by atoms with Gasteiger partial charge in [0.15, 0.2) is 0 Å². The summed E-state index contributed by atoms with van der Waals surface area (Å²) >= 11 is 0. The third-order valence-corrected chi connectivity index (χ3v) is 5.11. The van der Waals surface area contributed by atoms with Crippen molar-refractivity contribution < 1.29 is 30.3 Å². The van der Waals surface area contributed by atoms with E-state index in [1.165, 1.54) is 18.2 Å². The van der Waals surface area contributed by atoms with Gasteiger partial charge in [0.2, 0.25) is 10.0 Å². The molecule has 1 fully saturated rings. The van der Waals surface area contributed by atoms with E-state index in [-0.39, 0.29) is 11.4 Å². The molecule has 0 radical (unpaired) electrons. The molecule has 0 saturated carbocycles. The van der Waals surface area contributed by atoms with Crippen molar-refractivity contribution >= 4 is 38.4 Å². The summed E-state index contributed by atoms with van der Waals surface area (Å²) in [7, 11) is -8.14. The lowest BCUT2D eigenvalue weighted by molar-refractivity contribution is 0.00578. The number of sulfonamides is 1. The minimum Gasteiger partial charge on any atom is -0.399 e. The molecule has 1 aromatic carbocycles. The molecule has 1 aliphatic rings. The predicted octanol–water partition coefficient (Wildman–Crippen LogP) is 0.696. The lowest BCUT2D eigenvalue weighted by atomic mass is 9.79. The lowest BCUT2D eigenvalue weighted by Gasteiger charge is -2.32. The summed E-state index contributed by atoms with van der Waals surface area (Å²) in [5.74, 6) is -0.0409. The molecule has 1 aliphatic heterocycles. The fourth-order valence-electron chi connectivity index (χ4n) is 2.23. The van der Waals surface area contributed by atoms with Crippen molar-refractivity contribution in [1.29, 1.82) is 0 Å². The Labute approximate surface area is 149 Å². The summed E-state index contributed by atoms with van der Waals surface area (Å²) in [6.45, 7) is 7.50. The SMILES string of the molecule is CC1(C)OB(c2cc(NS(C)(=O)=O)cc(OS(C)(=O)=O)c2)OC1(C)C. The van der Waals surface area contributed by atoms with E-state index >= 15 is 0 Å². The van der Waals surface area contributed by atoms with Crippen LogP contribution in [0.2, 0.25) is 0 Å². The molecule has 8 nitrogen and oxygen atoms in total. The average Bonchev–Trinajstić information content (AvgIpc) is 2.53. The van der Waals surface area contributed by atoms with Crippen molar-refractivity contribution in [3.8, 4) is 5.75 Å². The van der Waals surface area contributed by atoms with Crippen molar-refractivity contribution in [1.82, 2.24) is 0 Å². The maximum Gasteiger partial charge on any atom is 0.495 e. The number of rotatable bonds is 5. The molecular formula is C14H22BNO7S2. The van der Waals surface area contributed by atoms with Crippen LogP contribution >= 0.6 is 0 Å². The van der Waals surface area contributed by atoms with Crippen molar-refractivity contribution in [3.05, 3.63) is 18.2 Å². The number of hydrogen-bond acceptors (Lipinski definition) is 7. The molecule has 0 aliphatic carbocycles. The van der Waals surface area contributed by atoms with Gasteiger partial charge in [-0.05, 0) is 45.3 Å². The summed E-state index contributed by atoms with van der Waals surface area (Å²) in [6.07, 6.45) is 1.89. The zero-order valence-electron chi connectivity index (χ0n) is 15.0. The molecule has 1 saturated heterocycles. The maximum atomic E-state index is 11.5. The summed E-state index contributed by atoms with van der Waals surface area (Å²) in [5, 5.41) is 0. The Morgan fingerprint density at radius 1 is 0.960 bits per heavy atom. The van der Waals surface area contributed by atoms with Crippen LogP contribution in [0.1, 0.15) is 27.7 Å². The van der Waals surface area contributed by atoms with E-state index in [1.807, 2.05) is 27.7 Å². The molecule has 0 bridgehead atoms. The van der Waals surface area contributed by atoms with Gasteiger partial charge in [-0.1, -0.05) is 0 Å². The zero-order valence-corrected chi connectivity index (χ0v) is 16.6. The molecule has 0 spiro atoms. The second-order valence-electron chi connectivity index (χ2n) is 7.04. The van der Waals surface area contributed by atoms with Gasteiger partial charge < -0.3 is 13.5 Å². The van der Waals surface area contributed by atoms with Crippen molar-refractivity contribution in [2.24, 2.45) is 0 Å². The monoisotopic (exact) mass is 391 g/mol. The Morgan fingerprint density at radius 3 is 1.92 bits per heavy atom. The van der Waals surface area contributed by atoms with Crippen LogP contribution in [0, 0.1) is 0 Å². The Balaban J connectivity index is 2.47. The highest BCUT2D eigenvalue weighted by molar-refractivity contribution is 7.92. The molecule has 1 N–H and O–H groups in total. The van der Waals surface area contributed by atoms with Crippen LogP contribution in [0.15, 0.2) is 18.2 Å². The largest absolute Gasteiger partial charge is 0.495 e. The summed E-state index contributed by atoms with van der Waals surface area (Å²) in [5.41, 5.74) is -0.620. The molecule has 0 aromatic heterocycles. The molecule has 11 heteroatoms. The number of anilines is 1. The maximum absolute atomic E-state index is 11.5. The molecule has 1 heterocycles. The van der Waals surface area contributed by atoms with Crippen LogP contribution < -0.4 is 14.4 Å². The van der Waals surface area contributed by atoms with Crippen molar-refractivity contribution in [3.63, 3.8) is 0 Å². The third kappa shape index (κ3) is 5.10. The van der Waals surface area contributed by atoms with Crippen molar-refractivity contribution in [2.45, 2.75) is 38.9 Å². The Bertz CT molecular complexity index is 810. The quantitative estimate of drug-likeness (QED) is 0.581. The Morgan fingerprint density at radius 2 is 1.48 bits per heavy atom. The molecule has 0 atom stereocenters. The van der Waals surface area contributed by atoms with E-state index in [9.17, 15) is 16.8 Å². The van der Waals surface area contributed by atoms with E-state index in [0.717, 1.165) is 12.5 Å². The molecule has 2 rings (SSSR count). The highest BCUT2D eigenvalue weighted by atomic mass is 32.2. The number of hydrogen-bond donors (Lipinski definition) is 1. The van der Waals surface area contributed by atoms with Crippen LogP contribution in [-0.2, 0) is 29.5 Å². The van der Waals surface area contributed by atoms with E-state index in [1.54, 1.807) is 0 Å². The van der Waals surface area contributed by atoms with Crippen LogP contribution in [0.5, 0.6) is 5.75 Å². The topological polar surface area (TPSA) is 108 Å². The van der Waals surface area contributed by atoms with Gasteiger partial charge in [-0.2, -0.15) is 8.42 Å². The first-order valence-electron chi connectivity index (χ1n) is 7.46. The summed E-state index contributed by atoms with van der Waals surface area (Å²) < 4.78 is 64.8. The third-order valence-electron chi connectivity index (χ3n) is 4.01. The average molecular weight is 391 g/mol.